The molecule has 3 nitrogen and oxygen atoms in total. The molecule has 0 aromatic carbocycles. The summed E-state index contributed by atoms with van der Waals surface area (Å²) in [5.41, 5.74) is 6.72. The highest BCUT2D eigenvalue weighted by atomic mass is 16.2. The Bertz CT molecular complexity index is 205. The standard InChI is InChI=1S/C10H18N2O/c1-4-5-9(11)10(13)12-7-6-8(2)3/h4,6,9H,1,5,7,11H2,2-3H3,(H,12,13). The van der Waals surface area contributed by atoms with Gasteiger partial charge in [0.15, 0.2) is 0 Å². The van der Waals surface area contributed by atoms with Gasteiger partial charge in [0.05, 0.1) is 6.04 Å². The lowest BCUT2D eigenvalue weighted by Gasteiger charge is -2.08. The Hall–Kier alpha value is -1.09. The van der Waals surface area contributed by atoms with Gasteiger partial charge in [0.1, 0.15) is 0 Å². The number of nitrogens with one attached hydrogen (secondary N) is 1. The van der Waals surface area contributed by atoms with E-state index in [9.17, 15) is 4.79 Å². The van der Waals surface area contributed by atoms with E-state index >= 15 is 0 Å². The van der Waals surface area contributed by atoms with Crippen molar-refractivity contribution in [3.05, 3.63) is 24.3 Å². The van der Waals surface area contributed by atoms with Gasteiger partial charge in [0.25, 0.3) is 0 Å². The lowest BCUT2D eigenvalue weighted by molar-refractivity contribution is -0.122. The number of amides is 1. The highest BCUT2D eigenvalue weighted by Gasteiger charge is 2.09. The monoisotopic (exact) mass is 182 g/mol. The summed E-state index contributed by atoms with van der Waals surface area (Å²) in [6, 6.07) is -0.469. The fourth-order valence-corrected chi connectivity index (χ4v) is 0.773. The summed E-state index contributed by atoms with van der Waals surface area (Å²) < 4.78 is 0. The second kappa shape index (κ2) is 6.43. The SMILES string of the molecule is C=CCC(N)C(=O)NCC=C(C)C. The Labute approximate surface area is 79.7 Å². The molecule has 3 heteroatoms. The second-order valence-corrected chi connectivity index (χ2v) is 3.16. The number of nitrogens with two attached hydrogens (primary N) is 1. The maximum Gasteiger partial charge on any atom is 0.237 e. The predicted octanol–water partition coefficient (Wildman–Crippen LogP) is 0.972. The molecule has 0 heterocycles. The van der Waals surface area contributed by atoms with E-state index < -0.39 is 6.04 Å². The molecule has 0 radical (unpaired) electrons. The third-order valence-electron chi connectivity index (χ3n) is 1.54. The van der Waals surface area contributed by atoms with Crippen LogP contribution in [0.4, 0.5) is 0 Å². The first kappa shape index (κ1) is 11.9. The molecule has 1 atom stereocenters. The molecule has 0 spiro atoms. The van der Waals surface area contributed by atoms with Crippen molar-refractivity contribution in [1.29, 1.82) is 0 Å². The van der Waals surface area contributed by atoms with E-state index in [0.29, 0.717) is 13.0 Å². The van der Waals surface area contributed by atoms with Crippen LogP contribution in [0, 0.1) is 0 Å². The zero-order valence-electron chi connectivity index (χ0n) is 8.34. The number of rotatable bonds is 5. The van der Waals surface area contributed by atoms with Crippen molar-refractivity contribution in [2.45, 2.75) is 26.3 Å². The van der Waals surface area contributed by atoms with E-state index in [-0.39, 0.29) is 5.91 Å². The van der Waals surface area contributed by atoms with Crippen LogP contribution in [-0.4, -0.2) is 18.5 Å². The van der Waals surface area contributed by atoms with Gasteiger partial charge < -0.3 is 11.1 Å². The fraction of sp³-hybridized carbons (Fsp3) is 0.500. The van der Waals surface area contributed by atoms with E-state index in [1.54, 1.807) is 6.08 Å². The van der Waals surface area contributed by atoms with Crippen LogP contribution >= 0.6 is 0 Å². The topological polar surface area (TPSA) is 55.1 Å². The Kier molecular flexibility index (Phi) is 5.89. The molecular formula is C10H18N2O. The molecule has 0 rings (SSSR count). The summed E-state index contributed by atoms with van der Waals surface area (Å²) in [5.74, 6) is -0.127. The Morgan fingerprint density at radius 2 is 2.23 bits per heavy atom. The van der Waals surface area contributed by atoms with E-state index in [4.69, 9.17) is 5.73 Å². The summed E-state index contributed by atoms with van der Waals surface area (Å²) in [7, 11) is 0. The third kappa shape index (κ3) is 6.11. The quantitative estimate of drug-likeness (QED) is 0.622. The number of hydrogen-bond acceptors (Lipinski definition) is 2. The number of hydrogen-bond donors (Lipinski definition) is 2. The van der Waals surface area contributed by atoms with Gasteiger partial charge in [0, 0.05) is 6.54 Å². The molecule has 0 bridgehead atoms. The average Bonchev–Trinajstić information content (AvgIpc) is 2.04. The van der Waals surface area contributed by atoms with E-state index in [1.807, 2.05) is 19.9 Å². The van der Waals surface area contributed by atoms with E-state index in [2.05, 4.69) is 11.9 Å². The van der Waals surface area contributed by atoms with Crippen molar-refractivity contribution in [3.63, 3.8) is 0 Å². The molecule has 0 saturated carbocycles. The fourth-order valence-electron chi connectivity index (χ4n) is 0.773. The van der Waals surface area contributed by atoms with Crippen LogP contribution in [0.25, 0.3) is 0 Å². The van der Waals surface area contributed by atoms with Gasteiger partial charge in [0.2, 0.25) is 5.91 Å². The third-order valence-corrected chi connectivity index (χ3v) is 1.54. The molecule has 0 aliphatic heterocycles. The summed E-state index contributed by atoms with van der Waals surface area (Å²) in [4.78, 5) is 11.2. The second-order valence-electron chi connectivity index (χ2n) is 3.16. The first-order chi connectivity index (χ1) is 6.07. The molecule has 3 N–H and O–H groups in total. The molecule has 1 unspecified atom stereocenters. The summed E-state index contributed by atoms with van der Waals surface area (Å²) in [6.07, 6.45) is 4.10. The minimum Gasteiger partial charge on any atom is -0.351 e. The van der Waals surface area contributed by atoms with Crippen molar-refractivity contribution in [1.82, 2.24) is 5.32 Å². The molecular weight excluding hydrogens is 164 g/mol. The average molecular weight is 182 g/mol. The minimum absolute atomic E-state index is 0.127. The first-order valence-corrected chi connectivity index (χ1v) is 4.35. The maximum atomic E-state index is 11.2. The molecule has 0 aliphatic carbocycles. The molecule has 13 heavy (non-hydrogen) atoms. The van der Waals surface area contributed by atoms with Gasteiger partial charge in [-0.1, -0.05) is 17.7 Å². The van der Waals surface area contributed by atoms with Gasteiger partial charge in [-0.2, -0.15) is 0 Å². The van der Waals surface area contributed by atoms with Crippen molar-refractivity contribution >= 4 is 5.91 Å². The number of carbonyl (C=O) groups is 1. The minimum atomic E-state index is -0.469. The van der Waals surface area contributed by atoms with Gasteiger partial charge in [-0.3, -0.25) is 4.79 Å². The van der Waals surface area contributed by atoms with Gasteiger partial charge in [-0.15, -0.1) is 6.58 Å². The van der Waals surface area contributed by atoms with E-state index in [0.717, 1.165) is 0 Å². The van der Waals surface area contributed by atoms with Crippen LogP contribution in [0.3, 0.4) is 0 Å². The van der Waals surface area contributed by atoms with Crippen LogP contribution in [0.5, 0.6) is 0 Å². The highest BCUT2D eigenvalue weighted by Crippen LogP contribution is 1.89. The molecule has 0 aliphatic rings. The number of carbonyl (C=O) groups excluding carboxylic acids is 1. The lowest BCUT2D eigenvalue weighted by atomic mass is 10.2. The Morgan fingerprint density at radius 3 is 2.69 bits per heavy atom. The lowest BCUT2D eigenvalue weighted by Crippen LogP contribution is -2.40. The van der Waals surface area contributed by atoms with Crippen molar-refractivity contribution < 1.29 is 4.79 Å². The molecule has 1 amide bonds. The van der Waals surface area contributed by atoms with Crippen LogP contribution in [0.2, 0.25) is 0 Å². The molecule has 0 saturated heterocycles. The summed E-state index contributed by atoms with van der Waals surface area (Å²) in [6.45, 7) is 8.03. The smallest absolute Gasteiger partial charge is 0.237 e. The van der Waals surface area contributed by atoms with Crippen LogP contribution < -0.4 is 11.1 Å². The molecule has 0 aromatic heterocycles. The number of allylic oxidation sites excluding steroid dienone is 1. The van der Waals surface area contributed by atoms with Gasteiger partial charge in [-0.25, -0.2) is 0 Å². The van der Waals surface area contributed by atoms with Gasteiger partial charge in [-0.05, 0) is 20.3 Å². The highest BCUT2D eigenvalue weighted by molar-refractivity contribution is 5.81. The predicted molar refractivity (Wildman–Crippen MR) is 55.2 cm³/mol. The van der Waals surface area contributed by atoms with Crippen molar-refractivity contribution in [2.24, 2.45) is 5.73 Å². The van der Waals surface area contributed by atoms with Crippen LogP contribution in [0.1, 0.15) is 20.3 Å². The van der Waals surface area contributed by atoms with Crippen LogP contribution in [0.15, 0.2) is 24.3 Å². The summed E-state index contributed by atoms with van der Waals surface area (Å²) in [5, 5.41) is 2.71. The van der Waals surface area contributed by atoms with Gasteiger partial charge >= 0.3 is 0 Å². The Balaban J connectivity index is 3.74. The molecule has 74 valence electrons. The largest absolute Gasteiger partial charge is 0.351 e. The first-order valence-electron chi connectivity index (χ1n) is 4.35. The van der Waals surface area contributed by atoms with Crippen molar-refractivity contribution in [2.75, 3.05) is 6.54 Å². The van der Waals surface area contributed by atoms with Crippen LogP contribution in [-0.2, 0) is 4.79 Å². The normalized spacial score (nSPS) is 11.6. The van der Waals surface area contributed by atoms with E-state index in [1.165, 1.54) is 5.57 Å². The zero-order valence-corrected chi connectivity index (χ0v) is 8.34. The maximum absolute atomic E-state index is 11.2. The summed E-state index contributed by atoms with van der Waals surface area (Å²) >= 11 is 0. The Morgan fingerprint density at radius 1 is 1.62 bits per heavy atom. The molecule has 0 aromatic rings. The van der Waals surface area contributed by atoms with Crippen molar-refractivity contribution in [3.8, 4) is 0 Å². The zero-order chi connectivity index (χ0) is 10.3. The molecule has 0 fully saturated rings.